The molecule has 2 aromatic rings. The predicted octanol–water partition coefficient (Wildman–Crippen LogP) is 4.01. The Bertz CT molecular complexity index is 711. The second-order valence-electron chi connectivity index (χ2n) is 6.24. The van der Waals surface area contributed by atoms with Crippen LogP contribution in [-0.4, -0.2) is 30.4 Å². The summed E-state index contributed by atoms with van der Waals surface area (Å²) in [6.45, 7) is 5.31. The maximum absolute atomic E-state index is 11.5. The number of hydrogen-bond donors (Lipinski definition) is 1. The minimum Gasteiger partial charge on any atom is -0.460 e. The summed E-state index contributed by atoms with van der Waals surface area (Å²) >= 11 is 6.17. The highest BCUT2D eigenvalue weighted by Gasteiger charge is 2.18. The summed E-state index contributed by atoms with van der Waals surface area (Å²) in [6, 6.07) is 9.91. The molecule has 3 rings (SSSR count). The molecule has 1 aromatic heterocycles. The van der Waals surface area contributed by atoms with Crippen molar-refractivity contribution < 1.29 is 9.21 Å². The second kappa shape index (κ2) is 7.86. The molecule has 128 valence electrons. The van der Waals surface area contributed by atoms with Gasteiger partial charge < -0.3 is 14.6 Å². The fraction of sp³-hybridized carbons (Fsp3) is 0.421. The number of hydrogen-bond acceptors (Lipinski definition) is 3. The molecule has 1 aliphatic heterocycles. The highest BCUT2D eigenvalue weighted by atomic mass is 35.5. The van der Waals surface area contributed by atoms with Crippen LogP contribution < -0.4 is 5.32 Å². The number of aryl methyl sites for hydroxylation is 1. The third-order valence-electron chi connectivity index (χ3n) is 4.37. The molecule has 1 saturated heterocycles. The summed E-state index contributed by atoms with van der Waals surface area (Å²) in [5.74, 6) is 2.03. The lowest BCUT2D eigenvalue weighted by molar-refractivity contribution is -0.127. The number of furan rings is 1. The Balaban J connectivity index is 1.44. The number of halogens is 1. The largest absolute Gasteiger partial charge is 0.460 e. The Kier molecular flexibility index (Phi) is 5.59. The van der Waals surface area contributed by atoms with Crippen LogP contribution in [0.25, 0.3) is 11.3 Å². The van der Waals surface area contributed by atoms with E-state index in [9.17, 15) is 4.79 Å². The monoisotopic (exact) mass is 346 g/mol. The minimum atomic E-state index is 0.294. The van der Waals surface area contributed by atoms with Crippen molar-refractivity contribution in [2.24, 2.45) is 0 Å². The van der Waals surface area contributed by atoms with Gasteiger partial charge in [0.1, 0.15) is 11.5 Å². The van der Waals surface area contributed by atoms with E-state index in [-0.39, 0.29) is 0 Å². The fourth-order valence-electron chi connectivity index (χ4n) is 2.92. The van der Waals surface area contributed by atoms with Gasteiger partial charge in [0, 0.05) is 30.1 Å². The maximum Gasteiger partial charge on any atom is 0.222 e. The van der Waals surface area contributed by atoms with Crippen LogP contribution in [0, 0.1) is 6.92 Å². The van der Waals surface area contributed by atoms with Crippen molar-refractivity contribution >= 4 is 17.5 Å². The molecule has 0 unspecified atom stereocenters. The molecule has 5 heteroatoms. The van der Waals surface area contributed by atoms with Crippen molar-refractivity contribution in [1.82, 2.24) is 10.2 Å². The van der Waals surface area contributed by atoms with Crippen LogP contribution in [-0.2, 0) is 11.3 Å². The van der Waals surface area contributed by atoms with Crippen molar-refractivity contribution in [1.29, 1.82) is 0 Å². The lowest BCUT2D eigenvalue weighted by Gasteiger charge is -2.15. The maximum atomic E-state index is 11.5. The van der Waals surface area contributed by atoms with E-state index >= 15 is 0 Å². The molecule has 1 fully saturated rings. The third kappa shape index (κ3) is 4.19. The minimum absolute atomic E-state index is 0.294. The van der Waals surface area contributed by atoms with E-state index in [1.165, 1.54) is 0 Å². The number of carbonyl (C=O) groups excluding carboxylic acids is 1. The summed E-state index contributed by atoms with van der Waals surface area (Å²) in [5.41, 5.74) is 2.05. The Morgan fingerprint density at radius 2 is 2.17 bits per heavy atom. The topological polar surface area (TPSA) is 45.5 Å². The molecule has 1 amide bonds. The number of nitrogens with zero attached hydrogens (tertiary/aromatic N) is 1. The van der Waals surface area contributed by atoms with E-state index < -0.39 is 0 Å². The van der Waals surface area contributed by atoms with Gasteiger partial charge >= 0.3 is 0 Å². The number of carbonyl (C=O) groups is 1. The first-order valence-corrected chi connectivity index (χ1v) is 8.85. The van der Waals surface area contributed by atoms with Crippen molar-refractivity contribution in [2.75, 3.05) is 19.6 Å². The first kappa shape index (κ1) is 17.1. The number of nitrogens with one attached hydrogen (secondary N) is 1. The first-order valence-electron chi connectivity index (χ1n) is 8.47. The molecular formula is C19H23ClN2O2. The quantitative estimate of drug-likeness (QED) is 0.770. The van der Waals surface area contributed by atoms with Gasteiger partial charge in [-0.15, -0.1) is 0 Å². The summed E-state index contributed by atoms with van der Waals surface area (Å²) < 4.78 is 5.88. The van der Waals surface area contributed by atoms with Crippen LogP contribution in [0.3, 0.4) is 0 Å². The fourth-order valence-corrected chi connectivity index (χ4v) is 3.10. The summed E-state index contributed by atoms with van der Waals surface area (Å²) in [5, 5.41) is 4.12. The van der Waals surface area contributed by atoms with Crippen molar-refractivity contribution in [3.05, 3.63) is 46.7 Å². The van der Waals surface area contributed by atoms with Crippen LogP contribution >= 0.6 is 11.6 Å². The molecule has 1 N–H and O–H groups in total. The van der Waals surface area contributed by atoms with E-state index in [0.717, 1.165) is 60.1 Å². The van der Waals surface area contributed by atoms with Gasteiger partial charge in [-0.25, -0.2) is 0 Å². The molecule has 4 nitrogen and oxygen atoms in total. The van der Waals surface area contributed by atoms with Gasteiger partial charge in [0.2, 0.25) is 5.91 Å². The number of likely N-dealkylation sites (tertiary alicyclic amines) is 1. The van der Waals surface area contributed by atoms with E-state index in [2.05, 4.69) is 5.32 Å². The van der Waals surface area contributed by atoms with Gasteiger partial charge in [-0.05, 0) is 50.1 Å². The highest BCUT2D eigenvalue weighted by Crippen LogP contribution is 2.26. The van der Waals surface area contributed by atoms with Gasteiger partial charge in [0.15, 0.2) is 0 Å². The van der Waals surface area contributed by atoms with Crippen molar-refractivity contribution in [3.8, 4) is 11.3 Å². The standard InChI is InChI=1S/C19H23ClN2O2/c1-14-5-6-15(12-17(14)20)18-8-7-16(24-18)13-21-9-3-11-22-10-2-4-19(22)23/h5-8,12,21H,2-4,9-11,13H2,1H3. The smallest absolute Gasteiger partial charge is 0.222 e. The van der Waals surface area contributed by atoms with Crippen LogP contribution in [0.2, 0.25) is 5.02 Å². The molecule has 0 spiro atoms. The SMILES string of the molecule is Cc1ccc(-c2ccc(CNCCCN3CCCC3=O)o2)cc1Cl. The predicted molar refractivity (Wildman–Crippen MR) is 96.0 cm³/mol. The average Bonchev–Trinajstić information content (AvgIpc) is 3.19. The molecule has 2 heterocycles. The zero-order chi connectivity index (χ0) is 16.9. The summed E-state index contributed by atoms with van der Waals surface area (Å²) in [4.78, 5) is 13.5. The molecule has 0 bridgehead atoms. The lowest BCUT2D eigenvalue weighted by Crippen LogP contribution is -2.28. The third-order valence-corrected chi connectivity index (χ3v) is 4.78. The Morgan fingerprint density at radius 1 is 1.29 bits per heavy atom. The van der Waals surface area contributed by atoms with Crippen LogP contribution in [0.15, 0.2) is 34.7 Å². The molecular weight excluding hydrogens is 324 g/mol. The van der Waals surface area contributed by atoms with Gasteiger partial charge in [-0.1, -0.05) is 23.7 Å². The van der Waals surface area contributed by atoms with Crippen LogP contribution in [0.1, 0.15) is 30.6 Å². The van der Waals surface area contributed by atoms with Crippen LogP contribution in [0.5, 0.6) is 0 Å². The normalized spacial score (nSPS) is 14.6. The van der Waals surface area contributed by atoms with Gasteiger partial charge in [0.05, 0.1) is 6.54 Å². The van der Waals surface area contributed by atoms with E-state index in [1.807, 2.05) is 42.2 Å². The van der Waals surface area contributed by atoms with Gasteiger partial charge in [-0.2, -0.15) is 0 Å². The molecule has 0 saturated carbocycles. The molecule has 1 aromatic carbocycles. The molecule has 0 aliphatic carbocycles. The highest BCUT2D eigenvalue weighted by molar-refractivity contribution is 6.31. The summed E-state index contributed by atoms with van der Waals surface area (Å²) in [7, 11) is 0. The Hall–Kier alpha value is -1.78. The number of amides is 1. The first-order chi connectivity index (χ1) is 11.6. The number of rotatable bonds is 7. The molecule has 24 heavy (non-hydrogen) atoms. The zero-order valence-electron chi connectivity index (χ0n) is 14.0. The van der Waals surface area contributed by atoms with Crippen LogP contribution in [0.4, 0.5) is 0 Å². The second-order valence-corrected chi connectivity index (χ2v) is 6.65. The summed E-state index contributed by atoms with van der Waals surface area (Å²) in [6.07, 6.45) is 2.68. The average molecular weight is 347 g/mol. The number of benzene rings is 1. The molecule has 0 atom stereocenters. The lowest BCUT2D eigenvalue weighted by atomic mass is 10.1. The van der Waals surface area contributed by atoms with Gasteiger partial charge in [-0.3, -0.25) is 4.79 Å². The van der Waals surface area contributed by atoms with E-state index in [0.29, 0.717) is 18.9 Å². The molecule has 1 aliphatic rings. The Morgan fingerprint density at radius 3 is 2.92 bits per heavy atom. The van der Waals surface area contributed by atoms with Crippen molar-refractivity contribution in [2.45, 2.75) is 32.7 Å². The molecule has 0 radical (unpaired) electrons. The zero-order valence-corrected chi connectivity index (χ0v) is 14.7. The van der Waals surface area contributed by atoms with Gasteiger partial charge in [0.25, 0.3) is 0 Å². The Labute approximate surface area is 147 Å². The van der Waals surface area contributed by atoms with E-state index in [1.54, 1.807) is 0 Å². The van der Waals surface area contributed by atoms with Crippen molar-refractivity contribution in [3.63, 3.8) is 0 Å². The van der Waals surface area contributed by atoms with E-state index in [4.69, 9.17) is 16.0 Å².